The summed E-state index contributed by atoms with van der Waals surface area (Å²) in [5, 5.41) is 7.94. The summed E-state index contributed by atoms with van der Waals surface area (Å²) in [6.45, 7) is -1.25. The molecule has 5 heteroatoms. The molecule has 4 nitrogen and oxygen atoms in total. The maximum Gasteiger partial charge on any atom is 0.333 e. The Morgan fingerprint density at radius 3 is 2.50 bits per heavy atom. The number of halogens is 1. The molecule has 0 aliphatic rings. The van der Waals surface area contributed by atoms with Crippen LogP contribution >= 0.6 is 0 Å². The van der Waals surface area contributed by atoms with Gasteiger partial charge in [-0.3, -0.25) is 0 Å². The first-order chi connectivity index (χ1) is 4.66. The van der Waals surface area contributed by atoms with Crippen LogP contribution in [-0.2, 0) is 14.3 Å². The van der Waals surface area contributed by atoms with Crippen molar-refractivity contribution in [2.75, 3.05) is 6.86 Å². The average Bonchev–Trinajstić information content (AvgIpc) is 1.85. The van der Waals surface area contributed by atoms with Crippen molar-refractivity contribution in [2.24, 2.45) is 0 Å². The first-order valence-corrected chi connectivity index (χ1v) is 2.30. The number of carboxylic acid groups (broad SMARTS) is 1. The van der Waals surface area contributed by atoms with Crippen molar-refractivity contribution < 1.29 is 23.8 Å². The van der Waals surface area contributed by atoms with E-state index in [1.165, 1.54) is 0 Å². The number of esters is 1. The Bertz CT molecular complexity index is 163. The molecule has 56 valence electrons. The molecule has 0 heterocycles. The largest absolute Gasteiger partial charge is 0.478 e. The standard InChI is InChI=1S/C5H5FO4/c6-3-10-5(9)2-1-4(7)8/h1-2H,3H2,(H,7,8)/b2-1+. The fourth-order valence-corrected chi connectivity index (χ4v) is 0.241. The summed E-state index contributed by atoms with van der Waals surface area (Å²) in [6, 6.07) is 0. The molecular weight excluding hydrogens is 143 g/mol. The molecule has 0 aromatic heterocycles. The zero-order valence-electron chi connectivity index (χ0n) is 4.91. The summed E-state index contributed by atoms with van der Waals surface area (Å²) in [4.78, 5) is 19.9. The normalized spacial score (nSPS) is 9.70. The molecule has 1 N–H and O–H groups in total. The highest BCUT2D eigenvalue weighted by atomic mass is 19.1. The predicted molar refractivity (Wildman–Crippen MR) is 28.8 cm³/mol. The van der Waals surface area contributed by atoms with E-state index in [1.807, 2.05) is 0 Å². The minimum absolute atomic E-state index is 0.567. The molecule has 0 fully saturated rings. The molecule has 0 spiro atoms. The van der Waals surface area contributed by atoms with Gasteiger partial charge in [-0.25, -0.2) is 14.0 Å². The second kappa shape index (κ2) is 4.49. The number of carboxylic acids is 1. The van der Waals surface area contributed by atoms with E-state index in [-0.39, 0.29) is 0 Å². The fourth-order valence-electron chi connectivity index (χ4n) is 0.241. The van der Waals surface area contributed by atoms with Gasteiger partial charge in [0.25, 0.3) is 0 Å². The second-order valence-corrected chi connectivity index (χ2v) is 1.24. The highest BCUT2D eigenvalue weighted by molar-refractivity contribution is 5.90. The van der Waals surface area contributed by atoms with Crippen LogP contribution in [0.2, 0.25) is 0 Å². The Labute approximate surface area is 55.9 Å². The summed E-state index contributed by atoms with van der Waals surface area (Å²) in [7, 11) is 0. The predicted octanol–water partition coefficient (Wildman–Crippen LogP) is 0.0974. The minimum atomic E-state index is -1.28. The molecule has 0 saturated heterocycles. The Balaban J connectivity index is 3.67. The lowest BCUT2D eigenvalue weighted by atomic mass is 10.5. The number of alkyl halides is 1. The van der Waals surface area contributed by atoms with Gasteiger partial charge in [0, 0.05) is 12.2 Å². The number of ether oxygens (including phenoxy) is 1. The van der Waals surface area contributed by atoms with Crippen molar-refractivity contribution in [3.05, 3.63) is 12.2 Å². The smallest absolute Gasteiger partial charge is 0.333 e. The lowest BCUT2D eigenvalue weighted by molar-refractivity contribution is -0.142. The van der Waals surface area contributed by atoms with E-state index in [0.717, 1.165) is 0 Å². The molecule has 0 amide bonds. The van der Waals surface area contributed by atoms with Gasteiger partial charge in [-0.15, -0.1) is 0 Å². The van der Waals surface area contributed by atoms with Crippen LogP contribution in [0, 0.1) is 0 Å². The van der Waals surface area contributed by atoms with E-state index in [0.29, 0.717) is 12.2 Å². The van der Waals surface area contributed by atoms with Gasteiger partial charge in [0.1, 0.15) is 0 Å². The number of hydrogen-bond donors (Lipinski definition) is 1. The van der Waals surface area contributed by atoms with E-state index in [4.69, 9.17) is 5.11 Å². The number of rotatable bonds is 3. The van der Waals surface area contributed by atoms with Gasteiger partial charge in [-0.1, -0.05) is 0 Å². The van der Waals surface area contributed by atoms with Crippen molar-refractivity contribution >= 4 is 11.9 Å². The van der Waals surface area contributed by atoms with E-state index in [9.17, 15) is 14.0 Å². The van der Waals surface area contributed by atoms with Crippen LogP contribution in [0.5, 0.6) is 0 Å². The summed E-state index contributed by atoms with van der Waals surface area (Å²) < 4.78 is 14.9. The molecule has 0 rings (SSSR count). The molecular formula is C5H5FO4. The molecule has 0 aromatic carbocycles. The summed E-state index contributed by atoms with van der Waals surface area (Å²) >= 11 is 0. The number of carbonyl (C=O) groups is 2. The number of carbonyl (C=O) groups excluding carboxylic acids is 1. The van der Waals surface area contributed by atoms with Gasteiger partial charge in [0.05, 0.1) is 0 Å². The summed E-state index contributed by atoms with van der Waals surface area (Å²) in [5.41, 5.74) is 0. The fraction of sp³-hybridized carbons (Fsp3) is 0.200. The molecule has 10 heavy (non-hydrogen) atoms. The number of aliphatic carboxylic acids is 1. The molecule has 0 unspecified atom stereocenters. The summed E-state index contributed by atoms with van der Waals surface area (Å²) in [5.74, 6) is -2.29. The Kier molecular flexibility index (Phi) is 3.86. The molecule has 0 aliphatic carbocycles. The van der Waals surface area contributed by atoms with Crippen LogP contribution < -0.4 is 0 Å². The summed E-state index contributed by atoms with van der Waals surface area (Å²) in [6.07, 6.45) is 1.19. The van der Waals surface area contributed by atoms with Crippen LogP contribution in [0.25, 0.3) is 0 Å². The van der Waals surface area contributed by atoms with Crippen molar-refractivity contribution in [3.63, 3.8) is 0 Å². The molecule has 0 aliphatic heterocycles. The Morgan fingerprint density at radius 1 is 1.50 bits per heavy atom. The highest BCUT2D eigenvalue weighted by Crippen LogP contribution is 1.81. The third kappa shape index (κ3) is 4.76. The second-order valence-electron chi connectivity index (χ2n) is 1.24. The topological polar surface area (TPSA) is 63.6 Å². The molecule has 0 radical (unpaired) electrons. The van der Waals surface area contributed by atoms with Crippen molar-refractivity contribution in [1.29, 1.82) is 0 Å². The Hall–Kier alpha value is -1.39. The molecule has 0 saturated carbocycles. The van der Waals surface area contributed by atoms with Crippen LogP contribution in [0.15, 0.2) is 12.2 Å². The van der Waals surface area contributed by atoms with E-state index in [2.05, 4.69) is 4.74 Å². The van der Waals surface area contributed by atoms with Crippen molar-refractivity contribution in [3.8, 4) is 0 Å². The van der Waals surface area contributed by atoms with Gasteiger partial charge < -0.3 is 9.84 Å². The van der Waals surface area contributed by atoms with Gasteiger partial charge in [-0.05, 0) is 0 Å². The first kappa shape index (κ1) is 8.61. The highest BCUT2D eigenvalue weighted by Gasteiger charge is 1.95. The molecule has 0 atom stereocenters. The quantitative estimate of drug-likeness (QED) is 0.455. The van der Waals surface area contributed by atoms with Crippen LogP contribution in [-0.4, -0.2) is 23.9 Å². The van der Waals surface area contributed by atoms with Crippen molar-refractivity contribution in [1.82, 2.24) is 0 Å². The van der Waals surface area contributed by atoms with Crippen LogP contribution in [0.3, 0.4) is 0 Å². The maximum absolute atomic E-state index is 11.1. The number of hydrogen-bond acceptors (Lipinski definition) is 3. The monoisotopic (exact) mass is 148 g/mol. The lowest BCUT2D eigenvalue weighted by Crippen LogP contribution is -1.99. The van der Waals surface area contributed by atoms with Gasteiger partial charge in [-0.2, -0.15) is 0 Å². The zero-order valence-corrected chi connectivity index (χ0v) is 4.91. The van der Waals surface area contributed by atoms with E-state index >= 15 is 0 Å². The average molecular weight is 148 g/mol. The lowest BCUT2D eigenvalue weighted by Gasteiger charge is -1.89. The Morgan fingerprint density at radius 2 is 2.10 bits per heavy atom. The van der Waals surface area contributed by atoms with E-state index < -0.39 is 18.8 Å². The first-order valence-electron chi connectivity index (χ1n) is 2.30. The van der Waals surface area contributed by atoms with E-state index in [1.54, 1.807) is 0 Å². The minimum Gasteiger partial charge on any atom is -0.478 e. The van der Waals surface area contributed by atoms with Gasteiger partial charge >= 0.3 is 11.9 Å². The van der Waals surface area contributed by atoms with Crippen LogP contribution in [0.4, 0.5) is 4.39 Å². The molecule has 0 aromatic rings. The van der Waals surface area contributed by atoms with Gasteiger partial charge in [0.2, 0.25) is 6.86 Å². The maximum atomic E-state index is 11.1. The van der Waals surface area contributed by atoms with Crippen molar-refractivity contribution in [2.45, 2.75) is 0 Å². The SMILES string of the molecule is O=C(O)/C=C/C(=O)OCF. The van der Waals surface area contributed by atoms with Gasteiger partial charge in [0.15, 0.2) is 0 Å². The molecule has 0 bridgehead atoms. The van der Waals surface area contributed by atoms with Crippen LogP contribution in [0.1, 0.15) is 0 Å². The third-order valence-electron chi connectivity index (χ3n) is 0.559. The zero-order chi connectivity index (χ0) is 7.98. The third-order valence-corrected chi connectivity index (χ3v) is 0.559.